The highest BCUT2D eigenvalue weighted by Gasteiger charge is 2.18. The predicted molar refractivity (Wildman–Crippen MR) is 76.9 cm³/mol. The van der Waals surface area contributed by atoms with Gasteiger partial charge in [-0.2, -0.15) is 0 Å². The summed E-state index contributed by atoms with van der Waals surface area (Å²) in [7, 11) is 1.61. The molecule has 4 nitrogen and oxygen atoms in total. The number of carbonyl (C=O) groups is 1. The van der Waals surface area contributed by atoms with Crippen molar-refractivity contribution in [3.05, 3.63) is 66.0 Å². The number of aliphatic imine (C=N–C) groups is 1. The van der Waals surface area contributed by atoms with Gasteiger partial charge in [0, 0.05) is 11.8 Å². The molecule has 1 aliphatic carbocycles. The topological polar surface area (TPSA) is 51.5 Å². The maximum Gasteiger partial charge on any atom is 0.204 e. The van der Waals surface area contributed by atoms with Crippen molar-refractivity contribution in [2.45, 2.75) is 0 Å². The molecular weight excluding hydrogens is 252 g/mol. The number of ether oxygens (including phenoxy) is 1. The molecule has 4 heteroatoms. The molecule has 0 saturated heterocycles. The molecule has 0 amide bonds. The lowest BCUT2D eigenvalue weighted by molar-refractivity contribution is 0.104. The number of benzene rings is 1. The van der Waals surface area contributed by atoms with Gasteiger partial charge in [-0.15, -0.1) is 0 Å². The molecule has 0 N–H and O–H groups in total. The van der Waals surface area contributed by atoms with Gasteiger partial charge in [-0.05, 0) is 36.4 Å². The number of nitrogens with zero attached hydrogens (tertiary/aromatic N) is 2. The molecule has 98 valence electrons. The quantitative estimate of drug-likeness (QED) is 0.838. The number of aromatic nitrogens is 1. The van der Waals surface area contributed by atoms with Gasteiger partial charge < -0.3 is 4.74 Å². The average Bonchev–Trinajstić information content (AvgIpc) is 2.51. The fraction of sp³-hybridized carbons (Fsp3) is 0.0625. The van der Waals surface area contributed by atoms with E-state index < -0.39 is 0 Å². The molecule has 1 aromatic heterocycles. The van der Waals surface area contributed by atoms with Crippen LogP contribution in [0, 0.1) is 0 Å². The predicted octanol–water partition coefficient (Wildman–Crippen LogP) is 2.96. The van der Waals surface area contributed by atoms with Gasteiger partial charge in [0.05, 0.1) is 12.8 Å². The summed E-state index contributed by atoms with van der Waals surface area (Å²) in [5.41, 5.74) is 2.60. The maximum absolute atomic E-state index is 11.8. The van der Waals surface area contributed by atoms with Crippen molar-refractivity contribution in [2.24, 2.45) is 4.99 Å². The first-order valence-corrected chi connectivity index (χ1v) is 6.19. The average molecular weight is 264 g/mol. The van der Waals surface area contributed by atoms with Crippen molar-refractivity contribution in [1.29, 1.82) is 0 Å². The van der Waals surface area contributed by atoms with E-state index in [9.17, 15) is 4.79 Å². The Bertz CT molecular complexity index is 733. The molecule has 3 rings (SSSR count). The van der Waals surface area contributed by atoms with E-state index in [1.807, 2.05) is 30.3 Å². The fourth-order valence-electron chi connectivity index (χ4n) is 2.08. The van der Waals surface area contributed by atoms with Gasteiger partial charge in [0.25, 0.3) is 0 Å². The van der Waals surface area contributed by atoms with Crippen LogP contribution in [0.2, 0.25) is 0 Å². The standard InChI is InChI=1S/C16H12N2O2/c1-20-15-7-3-2-6-13(15)18-12-8-9-14(19)16-11(12)5-4-10-17-16/h2-10H,1H3/b18-12+. The normalized spacial score (nSPS) is 15.2. The van der Waals surface area contributed by atoms with Crippen LogP contribution in [0.5, 0.6) is 5.75 Å². The third kappa shape index (κ3) is 2.12. The molecule has 0 spiro atoms. The molecule has 1 aliphatic rings. The van der Waals surface area contributed by atoms with Gasteiger partial charge >= 0.3 is 0 Å². The van der Waals surface area contributed by atoms with Gasteiger partial charge in [0.2, 0.25) is 5.78 Å². The summed E-state index contributed by atoms with van der Waals surface area (Å²) in [4.78, 5) is 20.5. The van der Waals surface area contributed by atoms with E-state index in [0.717, 1.165) is 11.3 Å². The Morgan fingerprint density at radius 2 is 1.95 bits per heavy atom. The highest BCUT2D eigenvalue weighted by molar-refractivity contribution is 6.23. The molecule has 0 saturated carbocycles. The zero-order valence-electron chi connectivity index (χ0n) is 10.9. The minimum Gasteiger partial charge on any atom is -0.494 e. The first kappa shape index (κ1) is 12.3. The molecule has 1 aromatic carbocycles. The zero-order valence-corrected chi connectivity index (χ0v) is 10.9. The number of methoxy groups -OCH3 is 1. The third-order valence-corrected chi connectivity index (χ3v) is 3.04. The van der Waals surface area contributed by atoms with Crippen LogP contribution in [0.4, 0.5) is 5.69 Å². The Morgan fingerprint density at radius 3 is 2.80 bits per heavy atom. The summed E-state index contributed by atoms with van der Waals surface area (Å²) in [6.07, 6.45) is 4.80. The van der Waals surface area contributed by atoms with Crippen molar-refractivity contribution in [3.63, 3.8) is 0 Å². The van der Waals surface area contributed by atoms with Crippen LogP contribution >= 0.6 is 0 Å². The van der Waals surface area contributed by atoms with Crippen LogP contribution in [0.25, 0.3) is 0 Å². The number of pyridine rings is 1. The Kier molecular flexibility index (Phi) is 3.13. The van der Waals surface area contributed by atoms with E-state index in [4.69, 9.17) is 4.74 Å². The number of allylic oxidation sites excluding steroid dienone is 2. The van der Waals surface area contributed by atoms with Gasteiger partial charge in [0.15, 0.2) is 0 Å². The SMILES string of the molecule is COc1ccccc1/N=C1\C=CC(=O)c2ncccc21. The summed E-state index contributed by atoms with van der Waals surface area (Å²) in [6.45, 7) is 0. The number of para-hydroxylation sites is 2. The minimum absolute atomic E-state index is 0.0976. The van der Waals surface area contributed by atoms with E-state index in [1.165, 1.54) is 6.08 Å². The summed E-state index contributed by atoms with van der Waals surface area (Å²) in [5.74, 6) is 0.593. The van der Waals surface area contributed by atoms with Crippen LogP contribution in [0.15, 0.2) is 59.7 Å². The Labute approximate surface area is 116 Å². The first-order chi connectivity index (χ1) is 9.79. The van der Waals surface area contributed by atoms with Crippen LogP contribution in [0.3, 0.4) is 0 Å². The van der Waals surface area contributed by atoms with E-state index >= 15 is 0 Å². The van der Waals surface area contributed by atoms with Crippen molar-refractivity contribution in [2.75, 3.05) is 7.11 Å². The molecule has 20 heavy (non-hydrogen) atoms. The number of rotatable bonds is 2. The summed E-state index contributed by atoms with van der Waals surface area (Å²) in [5, 5.41) is 0. The van der Waals surface area contributed by atoms with Crippen molar-refractivity contribution < 1.29 is 9.53 Å². The summed E-state index contributed by atoms with van der Waals surface area (Å²) >= 11 is 0. The molecule has 0 unspecified atom stereocenters. The highest BCUT2D eigenvalue weighted by atomic mass is 16.5. The maximum atomic E-state index is 11.8. The van der Waals surface area contributed by atoms with Crippen LogP contribution in [-0.4, -0.2) is 23.6 Å². The molecule has 0 radical (unpaired) electrons. The lowest BCUT2D eigenvalue weighted by Gasteiger charge is -2.11. The van der Waals surface area contributed by atoms with Crippen LogP contribution in [-0.2, 0) is 0 Å². The number of ketones is 1. The Balaban J connectivity index is 2.13. The van der Waals surface area contributed by atoms with E-state index in [2.05, 4.69) is 9.98 Å². The molecule has 0 fully saturated rings. The lowest BCUT2D eigenvalue weighted by atomic mass is 9.99. The minimum atomic E-state index is -0.0976. The number of hydrogen-bond acceptors (Lipinski definition) is 4. The number of hydrogen-bond donors (Lipinski definition) is 0. The first-order valence-electron chi connectivity index (χ1n) is 6.19. The smallest absolute Gasteiger partial charge is 0.204 e. The van der Waals surface area contributed by atoms with Crippen LogP contribution in [0.1, 0.15) is 16.1 Å². The van der Waals surface area contributed by atoms with Crippen molar-refractivity contribution >= 4 is 17.2 Å². The third-order valence-electron chi connectivity index (χ3n) is 3.04. The molecule has 0 bridgehead atoms. The lowest BCUT2D eigenvalue weighted by Crippen LogP contribution is -2.13. The Morgan fingerprint density at radius 1 is 1.10 bits per heavy atom. The van der Waals surface area contributed by atoms with E-state index in [-0.39, 0.29) is 5.78 Å². The monoisotopic (exact) mass is 264 g/mol. The molecule has 0 aliphatic heterocycles. The molecule has 1 heterocycles. The zero-order chi connectivity index (χ0) is 13.9. The second kappa shape index (κ2) is 5.09. The fourth-order valence-corrected chi connectivity index (χ4v) is 2.08. The van der Waals surface area contributed by atoms with E-state index in [0.29, 0.717) is 17.2 Å². The van der Waals surface area contributed by atoms with Crippen molar-refractivity contribution in [1.82, 2.24) is 4.98 Å². The van der Waals surface area contributed by atoms with Crippen LogP contribution < -0.4 is 4.74 Å². The highest BCUT2D eigenvalue weighted by Crippen LogP contribution is 2.28. The van der Waals surface area contributed by atoms with Crippen molar-refractivity contribution in [3.8, 4) is 5.75 Å². The molecular formula is C16H12N2O2. The summed E-state index contributed by atoms with van der Waals surface area (Å²) < 4.78 is 5.28. The second-order valence-corrected chi connectivity index (χ2v) is 4.27. The van der Waals surface area contributed by atoms with Gasteiger partial charge in [-0.25, -0.2) is 4.99 Å². The number of carbonyl (C=O) groups excluding carboxylic acids is 1. The van der Waals surface area contributed by atoms with E-state index in [1.54, 1.807) is 25.4 Å². The van der Waals surface area contributed by atoms with Gasteiger partial charge in [-0.3, -0.25) is 9.78 Å². The Hall–Kier alpha value is -2.75. The largest absolute Gasteiger partial charge is 0.494 e. The molecule has 0 atom stereocenters. The number of fused-ring (bicyclic) bond motifs is 1. The van der Waals surface area contributed by atoms with Gasteiger partial charge in [0.1, 0.15) is 17.1 Å². The second-order valence-electron chi connectivity index (χ2n) is 4.27. The molecule has 2 aromatic rings. The van der Waals surface area contributed by atoms with Gasteiger partial charge in [-0.1, -0.05) is 12.1 Å². The summed E-state index contributed by atoms with van der Waals surface area (Å²) in [6, 6.07) is 11.1.